The predicted molar refractivity (Wildman–Crippen MR) is 98.1 cm³/mol. The van der Waals surface area contributed by atoms with E-state index in [4.69, 9.17) is 16.3 Å². The van der Waals surface area contributed by atoms with Gasteiger partial charge in [-0.1, -0.05) is 18.5 Å². The fourth-order valence-corrected chi connectivity index (χ4v) is 3.92. The lowest BCUT2D eigenvalue weighted by atomic mass is 10.1. The molecular weight excluding hydrogens is 324 g/mol. The van der Waals surface area contributed by atoms with Gasteiger partial charge in [0.05, 0.1) is 16.8 Å². The van der Waals surface area contributed by atoms with Crippen LogP contribution in [0.4, 0.5) is 5.69 Å². The standard InChI is InChI=1S/C19H27ClN2O2/c1-2-9-22(14-16-6-5-12-24-16)19(23)15-7-8-18(17(20)13-15)21-10-3-4-11-21/h7-8,13,16H,2-6,9-12,14H2,1H3/t16-/m0/s1. The van der Waals surface area contributed by atoms with Crippen LogP contribution < -0.4 is 4.90 Å². The number of ether oxygens (including phenoxy) is 1. The second kappa shape index (κ2) is 8.21. The molecule has 1 aromatic rings. The van der Waals surface area contributed by atoms with Crippen molar-refractivity contribution in [3.63, 3.8) is 0 Å². The first-order valence-corrected chi connectivity index (χ1v) is 9.52. The van der Waals surface area contributed by atoms with Crippen LogP contribution in [-0.4, -0.2) is 49.7 Å². The third-order valence-electron chi connectivity index (χ3n) is 4.87. The molecule has 5 heteroatoms. The van der Waals surface area contributed by atoms with Gasteiger partial charge >= 0.3 is 0 Å². The molecule has 2 aliphatic rings. The van der Waals surface area contributed by atoms with Gasteiger partial charge in [-0.3, -0.25) is 4.79 Å². The van der Waals surface area contributed by atoms with Gasteiger partial charge in [-0.15, -0.1) is 0 Å². The number of amides is 1. The average Bonchev–Trinajstić information content (AvgIpc) is 3.27. The molecule has 0 aromatic heterocycles. The van der Waals surface area contributed by atoms with Crippen molar-refractivity contribution >= 4 is 23.2 Å². The van der Waals surface area contributed by atoms with Crippen LogP contribution in [0.1, 0.15) is 49.4 Å². The molecule has 2 heterocycles. The number of benzene rings is 1. The van der Waals surface area contributed by atoms with Crippen molar-refractivity contribution in [2.24, 2.45) is 0 Å². The lowest BCUT2D eigenvalue weighted by molar-refractivity contribution is 0.0526. The first-order valence-electron chi connectivity index (χ1n) is 9.14. The zero-order chi connectivity index (χ0) is 16.9. The lowest BCUT2D eigenvalue weighted by Gasteiger charge is -2.26. The topological polar surface area (TPSA) is 32.8 Å². The van der Waals surface area contributed by atoms with Crippen LogP contribution >= 0.6 is 11.6 Å². The zero-order valence-electron chi connectivity index (χ0n) is 14.5. The highest BCUT2D eigenvalue weighted by molar-refractivity contribution is 6.33. The molecule has 0 spiro atoms. The molecule has 0 unspecified atom stereocenters. The van der Waals surface area contributed by atoms with E-state index in [1.807, 2.05) is 23.1 Å². The van der Waals surface area contributed by atoms with Crippen molar-refractivity contribution in [2.75, 3.05) is 37.7 Å². The summed E-state index contributed by atoms with van der Waals surface area (Å²) in [5.74, 6) is 0.0576. The molecule has 3 rings (SSSR count). The molecule has 1 atom stereocenters. The smallest absolute Gasteiger partial charge is 0.253 e. The number of rotatable bonds is 6. The summed E-state index contributed by atoms with van der Waals surface area (Å²) >= 11 is 6.47. The van der Waals surface area contributed by atoms with Crippen molar-refractivity contribution < 1.29 is 9.53 Å². The number of carbonyl (C=O) groups excluding carboxylic acids is 1. The van der Waals surface area contributed by atoms with Gasteiger partial charge in [0.25, 0.3) is 5.91 Å². The normalized spacial score (nSPS) is 20.6. The molecule has 2 aliphatic heterocycles. The summed E-state index contributed by atoms with van der Waals surface area (Å²) in [6.07, 6.45) is 5.68. The van der Waals surface area contributed by atoms with E-state index in [0.29, 0.717) is 17.1 Å². The number of halogens is 1. The number of nitrogens with zero attached hydrogens (tertiary/aromatic N) is 2. The Morgan fingerprint density at radius 2 is 2.12 bits per heavy atom. The summed E-state index contributed by atoms with van der Waals surface area (Å²) in [4.78, 5) is 17.1. The molecule has 1 amide bonds. The summed E-state index contributed by atoms with van der Waals surface area (Å²) in [5.41, 5.74) is 1.72. The first-order chi connectivity index (χ1) is 11.7. The van der Waals surface area contributed by atoms with E-state index in [1.165, 1.54) is 12.8 Å². The Labute approximate surface area is 149 Å². The van der Waals surface area contributed by atoms with Gasteiger partial charge in [0.15, 0.2) is 0 Å². The first kappa shape index (κ1) is 17.6. The molecule has 132 valence electrons. The van der Waals surface area contributed by atoms with E-state index in [1.54, 1.807) is 0 Å². The van der Waals surface area contributed by atoms with Crippen molar-refractivity contribution in [1.29, 1.82) is 0 Å². The molecule has 0 aliphatic carbocycles. The third-order valence-corrected chi connectivity index (χ3v) is 5.17. The zero-order valence-corrected chi connectivity index (χ0v) is 15.2. The SMILES string of the molecule is CCCN(C[C@@H]1CCCO1)C(=O)c1ccc(N2CCCC2)c(Cl)c1. The Morgan fingerprint density at radius 1 is 1.33 bits per heavy atom. The molecule has 0 saturated carbocycles. The molecular formula is C19H27ClN2O2. The van der Waals surface area contributed by atoms with Gasteiger partial charge in [0.1, 0.15) is 0 Å². The fourth-order valence-electron chi connectivity index (χ4n) is 3.62. The van der Waals surface area contributed by atoms with Crippen LogP contribution in [0.2, 0.25) is 5.02 Å². The minimum Gasteiger partial charge on any atom is -0.376 e. The summed E-state index contributed by atoms with van der Waals surface area (Å²) in [5, 5.41) is 0.677. The maximum atomic E-state index is 12.9. The molecule has 0 N–H and O–H groups in total. The van der Waals surface area contributed by atoms with E-state index < -0.39 is 0 Å². The summed E-state index contributed by atoms with van der Waals surface area (Å²) < 4.78 is 5.70. The highest BCUT2D eigenvalue weighted by Crippen LogP contribution is 2.30. The van der Waals surface area contributed by atoms with Gasteiger partial charge in [0.2, 0.25) is 0 Å². The van der Waals surface area contributed by atoms with Crippen LogP contribution in [0.3, 0.4) is 0 Å². The number of anilines is 1. The Morgan fingerprint density at radius 3 is 2.75 bits per heavy atom. The van der Waals surface area contributed by atoms with E-state index in [-0.39, 0.29) is 12.0 Å². The molecule has 4 nitrogen and oxygen atoms in total. The molecule has 24 heavy (non-hydrogen) atoms. The third kappa shape index (κ3) is 4.04. The molecule has 2 fully saturated rings. The van der Waals surface area contributed by atoms with Gasteiger partial charge in [-0.2, -0.15) is 0 Å². The van der Waals surface area contributed by atoms with Gasteiger partial charge in [0, 0.05) is 38.3 Å². The number of hydrogen-bond acceptors (Lipinski definition) is 3. The highest BCUT2D eigenvalue weighted by Gasteiger charge is 2.24. The Bertz CT molecular complexity index is 566. The predicted octanol–water partition coefficient (Wildman–Crippen LogP) is 3.97. The van der Waals surface area contributed by atoms with Crippen LogP contribution in [0, 0.1) is 0 Å². The van der Waals surface area contributed by atoms with E-state index in [9.17, 15) is 4.79 Å². The monoisotopic (exact) mass is 350 g/mol. The van der Waals surface area contributed by atoms with Crippen molar-refractivity contribution in [3.05, 3.63) is 28.8 Å². The van der Waals surface area contributed by atoms with Gasteiger partial charge in [-0.05, 0) is 50.3 Å². The Balaban J connectivity index is 1.72. The summed E-state index contributed by atoms with van der Waals surface area (Å²) in [6, 6.07) is 5.74. The largest absolute Gasteiger partial charge is 0.376 e. The molecule has 1 aromatic carbocycles. The van der Waals surface area contributed by atoms with Crippen molar-refractivity contribution in [3.8, 4) is 0 Å². The van der Waals surface area contributed by atoms with E-state index in [2.05, 4.69) is 11.8 Å². The Hall–Kier alpha value is -1.26. The van der Waals surface area contributed by atoms with Crippen LogP contribution in [0.25, 0.3) is 0 Å². The minimum absolute atomic E-state index is 0.0576. The quantitative estimate of drug-likeness (QED) is 0.778. The fraction of sp³-hybridized carbons (Fsp3) is 0.632. The summed E-state index contributed by atoms with van der Waals surface area (Å²) in [7, 11) is 0. The van der Waals surface area contributed by atoms with Crippen LogP contribution in [0.5, 0.6) is 0 Å². The maximum Gasteiger partial charge on any atom is 0.253 e. The van der Waals surface area contributed by atoms with Crippen molar-refractivity contribution in [1.82, 2.24) is 4.90 Å². The highest BCUT2D eigenvalue weighted by atomic mass is 35.5. The number of hydrogen-bond donors (Lipinski definition) is 0. The van der Waals surface area contributed by atoms with Crippen LogP contribution in [-0.2, 0) is 4.74 Å². The average molecular weight is 351 g/mol. The summed E-state index contributed by atoms with van der Waals surface area (Å²) in [6.45, 7) is 6.44. The van der Waals surface area contributed by atoms with E-state index >= 15 is 0 Å². The number of carbonyl (C=O) groups is 1. The minimum atomic E-state index is 0.0576. The Kier molecular flexibility index (Phi) is 6.01. The van der Waals surface area contributed by atoms with Gasteiger partial charge in [-0.25, -0.2) is 0 Å². The maximum absolute atomic E-state index is 12.9. The molecule has 2 saturated heterocycles. The van der Waals surface area contributed by atoms with Crippen LogP contribution in [0.15, 0.2) is 18.2 Å². The molecule has 0 radical (unpaired) electrons. The van der Waals surface area contributed by atoms with Crippen molar-refractivity contribution in [2.45, 2.75) is 45.1 Å². The van der Waals surface area contributed by atoms with Gasteiger partial charge < -0.3 is 14.5 Å². The molecule has 0 bridgehead atoms. The lowest BCUT2D eigenvalue weighted by Crippen LogP contribution is -2.38. The van der Waals surface area contributed by atoms with E-state index in [0.717, 1.165) is 51.2 Å². The second-order valence-electron chi connectivity index (χ2n) is 6.75. The second-order valence-corrected chi connectivity index (χ2v) is 7.15.